The molecule has 4 heteroatoms. The average molecular weight is 252 g/mol. The first kappa shape index (κ1) is 11.1. The van der Waals surface area contributed by atoms with E-state index in [1.807, 2.05) is 25.1 Å². The van der Waals surface area contributed by atoms with Gasteiger partial charge in [-0.2, -0.15) is 0 Å². The van der Waals surface area contributed by atoms with Crippen LogP contribution < -0.4 is 4.90 Å². The molecule has 0 saturated carbocycles. The summed E-state index contributed by atoms with van der Waals surface area (Å²) in [7, 11) is 0. The molecule has 0 spiro atoms. The van der Waals surface area contributed by atoms with E-state index in [0.717, 1.165) is 24.1 Å². The number of carbonyl (C=O) groups is 1. The van der Waals surface area contributed by atoms with Gasteiger partial charge in [0.25, 0.3) is 0 Å². The van der Waals surface area contributed by atoms with Crippen LogP contribution >= 0.6 is 11.6 Å². The predicted molar refractivity (Wildman–Crippen MR) is 66.0 cm³/mol. The van der Waals surface area contributed by atoms with Crippen LogP contribution in [0.25, 0.3) is 0 Å². The van der Waals surface area contributed by atoms with Crippen LogP contribution in [0.15, 0.2) is 18.2 Å². The zero-order chi connectivity index (χ0) is 12.0. The highest BCUT2D eigenvalue weighted by Crippen LogP contribution is 2.41. The van der Waals surface area contributed by atoms with Crippen molar-refractivity contribution in [3.05, 3.63) is 28.8 Å². The molecule has 0 radical (unpaired) electrons. The monoisotopic (exact) mass is 251 g/mol. The van der Waals surface area contributed by atoms with Crippen molar-refractivity contribution in [1.29, 1.82) is 0 Å². The van der Waals surface area contributed by atoms with Crippen molar-refractivity contribution in [3.8, 4) is 0 Å². The number of carbonyl (C=O) groups excluding carboxylic acids is 1. The Labute approximate surface area is 105 Å². The quantitative estimate of drug-likeness (QED) is 0.709. The van der Waals surface area contributed by atoms with E-state index in [1.165, 1.54) is 0 Å². The molecule has 0 bridgehead atoms. The van der Waals surface area contributed by atoms with Gasteiger partial charge in [0.05, 0.1) is 12.3 Å². The fourth-order valence-electron chi connectivity index (χ4n) is 2.68. The first-order chi connectivity index (χ1) is 8.10. The standard InChI is InChI=1S/C13H14ClNO2/c1-13-6-2-3-12(16)15(13)11-7-10(14)5-4-9(11)8-17-13/h4-5,7H,2-3,6,8H2,1H3. The summed E-state index contributed by atoms with van der Waals surface area (Å²) in [5.41, 5.74) is 1.45. The fourth-order valence-corrected chi connectivity index (χ4v) is 2.85. The summed E-state index contributed by atoms with van der Waals surface area (Å²) < 4.78 is 5.87. The smallest absolute Gasteiger partial charge is 0.229 e. The van der Waals surface area contributed by atoms with Crippen molar-refractivity contribution in [2.75, 3.05) is 4.90 Å². The lowest BCUT2D eigenvalue weighted by Crippen LogP contribution is -2.56. The second kappa shape index (κ2) is 3.72. The first-order valence-electron chi connectivity index (χ1n) is 5.86. The highest BCUT2D eigenvalue weighted by Gasteiger charge is 2.43. The number of hydrogen-bond acceptors (Lipinski definition) is 2. The maximum atomic E-state index is 12.1. The molecule has 2 heterocycles. The molecule has 2 aliphatic heterocycles. The first-order valence-corrected chi connectivity index (χ1v) is 6.23. The molecule has 3 rings (SSSR count). The molecule has 3 nitrogen and oxygen atoms in total. The fraction of sp³-hybridized carbons (Fsp3) is 0.462. The Morgan fingerprint density at radius 1 is 1.47 bits per heavy atom. The van der Waals surface area contributed by atoms with Crippen LogP contribution in [0.3, 0.4) is 0 Å². The second-order valence-corrected chi connectivity index (χ2v) is 5.26. The van der Waals surface area contributed by atoms with Crippen LogP contribution in [0.2, 0.25) is 5.02 Å². The Hall–Kier alpha value is -1.06. The van der Waals surface area contributed by atoms with Gasteiger partial charge in [-0.05, 0) is 31.9 Å². The number of ether oxygens (including phenoxy) is 1. The van der Waals surface area contributed by atoms with Gasteiger partial charge in [0, 0.05) is 17.0 Å². The third kappa shape index (κ3) is 1.65. The summed E-state index contributed by atoms with van der Waals surface area (Å²) in [5, 5.41) is 0.659. The lowest BCUT2D eigenvalue weighted by atomic mass is 9.95. The van der Waals surface area contributed by atoms with E-state index < -0.39 is 5.72 Å². The molecule has 2 aliphatic rings. The second-order valence-electron chi connectivity index (χ2n) is 4.82. The van der Waals surface area contributed by atoms with Gasteiger partial charge < -0.3 is 4.74 Å². The van der Waals surface area contributed by atoms with Gasteiger partial charge in [0.15, 0.2) is 0 Å². The van der Waals surface area contributed by atoms with Gasteiger partial charge >= 0.3 is 0 Å². The van der Waals surface area contributed by atoms with E-state index in [2.05, 4.69) is 0 Å². The van der Waals surface area contributed by atoms with Gasteiger partial charge in [-0.15, -0.1) is 0 Å². The third-order valence-electron chi connectivity index (χ3n) is 3.58. The minimum Gasteiger partial charge on any atom is -0.351 e. The van der Waals surface area contributed by atoms with Crippen LogP contribution in [0.4, 0.5) is 5.69 Å². The summed E-state index contributed by atoms with van der Waals surface area (Å²) in [6.45, 7) is 2.53. The number of nitrogens with zero attached hydrogens (tertiary/aromatic N) is 1. The molecule has 0 aliphatic carbocycles. The SMILES string of the molecule is CC12CCCC(=O)N1c1cc(Cl)ccc1CO2. The van der Waals surface area contributed by atoms with Crippen LogP contribution in [0, 0.1) is 0 Å². The van der Waals surface area contributed by atoms with Crippen molar-refractivity contribution in [2.24, 2.45) is 0 Å². The van der Waals surface area contributed by atoms with Crippen LogP contribution in [0.5, 0.6) is 0 Å². The summed E-state index contributed by atoms with van der Waals surface area (Å²) >= 11 is 6.02. The van der Waals surface area contributed by atoms with E-state index in [0.29, 0.717) is 18.1 Å². The highest BCUT2D eigenvalue weighted by atomic mass is 35.5. The van der Waals surface area contributed by atoms with Gasteiger partial charge in [-0.1, -0.05) is 17.7 Å². The van der Waals surface area contributed by atoms with Gasteiger partial charge in [0.2, 0.25) is 5.91 Å². The molecule has 1 fully saturated rings. The largest absolute Gasteiger partial charge is 0.351 e. The molecule has 1 aromatic rings. The molecule has 0 N–H and O–H groups in total. The third-order valence-corrected chi connectivity index (χ3v) is 3.82. The Bertz CT molecular complexity index is 488. The average Bonchev–Trinajstić information content (AvgIpc) is 2.28. The number of piperidine rings is 1. The summed E-state index contributed by atoms with van der Waals surface area (Å²) in [6.07, 6.45) is 2.36. The summed E-state index contributed by atoms with van der Waals surface area (Å²) in [6, 6.07) is 5.63. The Morgan fingerprint density at radius 2 is 2.29 bits per heavy atom. The van der Waals surface area contributed by atoms with Crippen LogP contribution in [-0.2, 0) is 16.1 Å². The van der Waals surface area contributed by atoms with E-state index in [9.17, 15) is 4.79 Å². The van der Waals surface area contributed by atoms with Crippen LogP contribution in [0.1, 0.15) is 31.7 Å². The van der Waals surface area contributed by atoms with E-state index in [1.54, 1.807) is 4.90 Å². The molecular formula is C13H14ClNO2. The predicted octanol–water partition coefficient (Wildman–Crippen LogP) is 3.10. The minimum atomic E-state index is -0.493. The molecule has 0 aromatic heterocycles. The summed E-state index contributed by atoms with van der Waals surface area (Å²) in [4.78, 5) is 13.9. The number of amides is 1. The lowest BCUT2D eigenvalue weighted by Gasteiger charge is -2.48. The van der Waals surface area contributed by atoms with Crippen molar-refractivity contribution in [2.45, 2.75) is 38.5 Å². The molecule has 1 atom stereocenters. The van der Waals surface area contributed by atoms with Crippen molar-refractivity contribution < 1.29 is 9.53 Å². The van der Waals surface area contributed by atoms with Gasteiger partial charge in [0.1, 0.15) is 5.72 Å². The van der Waals surface area contributed by atoms with Crippen LogP contribution in [-0.4, -0.2) is 11.6 Å². The molecular weight excluding hydrogens is 238 g/mol. The number of anilines is 1. The van der Waals surface area contributed by atoms with E-state index in [4.69, 9.17) is 16.3 Å². The number of fused-ring (bicyclic) bond motifs is 3. The maximum absolute atomic E-state index is 12.1. The molecule has 1 unspecified atom stereocenters. The molecule has 90 valence electrons. The maximum Gasteiger partial charge on any atom is 0.229 e. The number of rotatable bonds is 0. The Kier molecular flexibility index (Phi) is 2.42. The summed E-state index contributed by atoms with van der Waals surface area (Å²) in [5.74, 6) is 0.127. The minimum absolute atomic E-state index is 0.127. The number of halogens is 1. The molecule has 1 saturated heterocycles. The van der Waals surface area contributed by atoms with Crippen molar-refractivity contribution in [3.63, 3.8) is 0 Å². The van der Waals surface area contributed by atoms with Gasteiger partial charge in [-0.25, -0.2) is 0 Å². The zero-order valence-electron chi connectivity index (χ0n) is 9.70. The van der Waals surface area contributed by atoms with E-state index >= 15 is 0 Å². The molecule has 17 heavy (non-hydrogen) atoms. The normalized spacial score (nSPS) is 27.6. The lowest BCUT2D eigenvalue weighted by molar-refractivity contribution is -0.133. The van der Waals surface area contributed by atoms with Gasteiger partial charge in [-0.3, -0.25) is 9.69 Å². The van der Waals surface area contributed by atoms with Crippen molar-refractivity contribution in [1.82, 2.24) is 0 Å². The topological polar surface area (TPSA) is 29.5 Å². The molecule has 1 amide bonds. The highest BCUT2D eigenvalue weighted by molar-refractivity contribution is 6.31. The number of hydrogen-bond donors (Lipinski definition) is 0. The molecule has 1 aromatic carbocycles. The number of benzene rings is 1. The van der Waals surface area contributed by atoms with Crippen molar-refractivity contribution >= 4 is 23.2 Å². The Morgan fingerprint density at radius 3 is 3.12 bits per heavy atom. The zero-order valence-corrected chi connectivity index (χ0v) is 10.5. The Balaban J connectivity index is 2.14. The van der Waals surface area contributed by atoms with E-state index in [-0.39, 0.29) is 5.91 Å².